The van der Waals surface area contributed by atoms with E-state index in [4.69, 9.17) is 4.98 Å². The number of rotatable bonds is 8. The van der Waals surface area contributed by atoms with Gasteiger partial charge in [-0.05, 0) is 217 Å². The van der Waals surface area contributed by atoms with E-state index in [1.165, 1.54) is 149 Å². The topological polar surface area (TPSA) is 19.4 Å². The van der Waals surface area contributed by atoms with Crippen LogP contribution in [0.3, 0.4) is 0 Å². The first-order valence-corrected chi connectivity index (χ1v) is 33.3. The summed E-state index contributed by atoms with van der Waals surface area (Å²) >= 11 is 0. The lowest BCUT2D eigenvalue weighted by Crippen LogP contribution is -2.18. The molecule has 0 fully saturated rings. The minimum Gasteiger partial charge on any atom is -0.310 e. The molecule has 0 unspecified atom stereocenters. The maximum absolute atomic E-state index is 4.97. The number of aromatic nitrogens is 1. The second-order valence-electron chi connectivity index (χ2n) is 28.7. The molecule has 94 heavy (non-hydrogen) atoms. The third-order valence-corrected chi connectivity index (χ3v) is 22.0. The van der Waals surface area contributed by atoms with Crippen molar-refractivity contribution in [2.45, 2.75) is 77.0 Å². The molecule has 0 amide bonds. The van der Waals surface area contributed by atoms with Gasteiger partial charge >= 0.3 is 0 Å². The van der Waals surface area contributed by atoms with Crippen molar-refractivity contribution in [1.29, 1.82) is 0 Å². The summed E-state index contributed by atoms with van der Waals surface area (Å²) in [5, 5.41) is 13.4. The van der Waals surface area contributed by atoms with Crippen LogP contribution in [0.4, 0.5) is 34.1 Å². The van der Waals surface area contributed by atoms with Gasteiger partial charge in [0.15, 0.2) is 0 Å². The molecule has 0 aliphatic heterocycles. The third kappa shape index (κ3) is 8.13. The Hall–Kier alpha value is -10.9. The number of benzene rings is 14. The van der Waals surface area contributed by atoms with Crippen molar-refractivity contribution in [3.63, 3.8) is 0 Å². The second-order valence-corrected chi connectivity index (χ2v) is 28.7. The Kier molecular flexibility index (Phi) is 12.1. The maximum Gasteiger partial charge on any atom is 0.0703 e. The van der Waals surface area contributed by atoms with E-state index in [2.05, 4.69) is 332 Å². The molecule has 450 valence electrons. The Morgan fingerprint density at radius 3 is 1.20 bits per heavy atom. The van der Waals surface area contributed by atoms with Gasteiger partial charge in [-0.25, -0.2) is 0 Å². The van der Waals surface area contributed by atoms with Crippen LogP contribution in [0.5, 0.6) is 0 Å². The van der Waals surface area contributed by atoms with Gasteiger partial charge in [0.25, 0.3) is 0 Å². The third-order valence-electron chi connectivity index (χ3n) is 22.0. The van der Waals surface area contributed by atoms with Gasteiger partial charge in [0.2, 0.25) is 0 Å². The predicted octanol–water partition coefficient (Wildman–Crippen LogP) is 24.7. The van der Waals surface area contributed by atoms with Crippen molar-refractivity contribution in [2.24, 2.45) is 0 Å². The molecule has 14 aromatic carbocycles. The lowest BCUT2D eigenvalue weighted by Gasteiger charge is -2.30. The number of hydrogen-bond donors (Lipinski definition) is 0. The van der Waals surface area contributed by atoms with E-state index in [0.29, 0.717) is 0 Å². The fraction of sp³-hybridized carbons (Fsp3) is 0.132. The first kappa shape index (κ1) is 55.9. The monoisotopic (exact) mass is 1210 g/mol. The van der Waals surface area contributed by atoms with E-state index in [-0.39, 0.29) is 21.7 Å². The number of fused-ring (bicyclic) bond motifs is 7. The van der Waals surface area contributed by atoms with Crippen LogP contribution in [0.15, 0.2) is 285 Å². The summed E-state index contributed by atoms with van der Waals surface area (Å²) in [7, 11) is 0. The smallest absolute Gasteiger partial charge is 0.0703 e. The van der Waals surface area contributed by atoms with Crippen molar-refractivity contribution in [2.75, 3.05) is 9.80 Å². The van der Waals surface area contributed by atoms with Crippen LogP contribution in [0.2, 0.25) is 0 Å². The molecule has 0 saturated heterocycles. The first-order chi connectivity index (χ1) is 45.6. The summed E-state index contributed by atoms with van der Waals surface area (Å²) in [4.78, 5) is 9.74. The fourth-order valence-electron chi connectivity index (χ4n) is 17.2. The summed E-state index contributed by atoms with van der Waals surface area (Å²) < 4.78 is 0. The Morgan fingerprint density at radius 1 is 0.245 bits per heavy atom. The van der Waals surface area contributed by atoms with Crippen molar-refractivity contribution in [3.8, 4) is 44.6 Å². The van der Waals surface area contributed by atoms with Crippen LogP contribution >= 0.6 is 0 Å². The number of hydrogen-bond acceptors (Lipinski definition) is 3. The molecular formula is C91H71N3. The molecule has 0 N–H and O–H groups in total. The van der Waals surface area contributed by atoms with Gasteiger partial charge in [0.1, 0.15) is 0 Å². The van der Waals surface area contributed by atoms with Crippen LogP contribution in [0.25, 0.3) is 98.5 Å². The number of nitrogens with zero attached hydrogens (tertiary/aromatic N) is 3. The average Bonchev–Trinajstić information content (AvgIpc) is 1.60. The quantitative estimate of drug-likeness (QED) is 0.141. The van der Waals surface area contributed by atoms with Gasteiger partial charge in [-0.15, -0.1) is 0 Å². The van der Waals surface area contributed by atoms with Crippen LogP contribution in [-0.4, -0.2) is 4.98 Å². The van der Waals surface area contributed by atoms with E-state index < -0.39 is 0 Å². The largest absolute Gasteiger partial charge is 0.310 e. The highest BCUT2D eigenvalue weighted by molar-refractivity contribution is 6.18. The van der Waals surface area contributed by atoms with E-state index in [0.717, 1.165) is 28.3 Å². The molecule has 15 aromatic rings. The molecule has 0 saturated carbocycles. The standard InChI is InChI=1S/C57H45N.C34H26N2/c1-55(2)46-20-9-7-15-41(46)43-28-26-37(32-49(43)55)58(38-27-29-44-42-16-8-10-21-47(42)56(3,4)50(44)33-38)52-23-13-18-40-39(17-12-19-45(40)52)36-30-35-25-24-34-14-11-22-48-53(34)54(35)51(31-36)57(48,5)6;1-34(2)29-15-9-10-23-16-17-24-20-25(21-30(34)33(24)32(23)29)31-19-18-28(22-35-31)36(26-11-5-3-6-12-26)27-13-7-4-8-14-27/h7-33H,1-6H3;3-22H,1-2H3. The van der Waals surface area contributed by atoms with Crippen LogP contribution < -0.4 is 9.80 Å². The molecule has 1 heterocycles. The van der Waals surface area contributed by atoms with Gasteiger partial charge in [-0.2, -0.15) is 0 Å². The summed E-state index contributed by atoms with van der Waals surface area (Å²) in [5.74, 6) is 0. The van der Waals surface area contributed by atoms with Crippen molar-refractivity contribution in [1.82, 2.24) is 4.98 Å². The highest BCUT2D eigenvalue weighted by Gasteiger charge is 2.40. The first-order valence-electron chi connectivity index (χ1n) is 33.3. The van der Waals surface area contributed by atoms with Crippen LogP contribution in [0, 0.1) is 0 Å². The van der Waals surface area contributed by atoms with Crippen molar-refractivity contribution < 1.29 is 0 Å². The van der Waals surface area contributed by atoms with E-state index in [1.807, 2.05) is 18.3 Å². The van der Waals surface area contributed by atoms with Gasteiger partial charge in [0, 0.05) is 55.4 Å². The number of para-hydroxylation sites is 2. The van der Waals surface area contributed by atoms with E-state index in [1.54, 1.807) is 0 Å². The highest BCUT2D eigenvalue weighted by atomic mass is 15.2. The number of anilines is 6. The lowest BCUT2D eigenvalue weighted by atomic mass is 9.80. The fourth-order valence-corrected chi connectivity index (χ4v) is 17.2. The van der Waals surface area contributed by atoms with Gasteiger partial charge in [-0.3, -0.25) is 4.98 Å². The Labute approximate surface area is 550 Å². The maximum atomic E-state index is 4.97. The average molecular weight is 1210 g/mol. The van der Waals surface area contributed by atoms with E-state index in [9.17, 15) is 0 Å². The van der Waals surface area contributed by atoms with Crippen molar-refractivity contribution in [3.05, 3.63) is 330 Å². The van der Waals surface area contributed by atoms with Crippen molar-refractivity contribution >= 4 is 88.0 Å². The Balaban J connectivity index is 0.000000154. The molecule has 0 atom stereocenters. The summed E-state index contributed by atoms with van der Waals surface area (Å²) in [5.41, 5.74) is 27.7. The Bertz CT molecular complexity index is 5530. The van der Waals surface area contributed by atoms with Gasteiger partial charge in [0.05, 0.1) is 23.3 Å². The van der Waals surface area contributed by atoms with Gasteiger partial charge < -0.3 is 9.80 Å². The van der Waals surface area contributed by atoms with Crippen LogP contribution in [-0.2, 0) is 21.7 Å². The molecule has 3 heteroatoms. The van der Waals surface area contributed by atoms with Gasteiger partial charge in [-0.1, -0.05) is 243 Å². The molecular weight excluding hydrogens is 1140 g/mol. The molecule has 4 aliphatic carbocycles. The Morgan fingerprint density at radius 2 is 0.660 bits per heavy atom. The summed E-state index contributed by atoms with van der Waals surface area (Å²) in [6.45, 7) is 19.0. The molecule has 4 aliphatic rings. The number of pyridine rings is 1. The lowest BCUT2D eigenvalue weighted by molar-refractivity contribution is 0.660. The molecule has 0 spiro atoms. The SMILES string of the molecule is CC1(C)c2cccc3ccc4cc(-c5ccc(N(c6ccccc6)c6ccccc6)cn5)cc1c4c23.CC1(C)c2ccccc2-c2ccc(N(c3ccc4c(c3)C(C)(C)c3ccccc3-4)c3cccc4c(-c5cc6c7c(ccc8cccc(c87)C6(C)C)c5)cccc34)cc21. The minimum atomic E-state index is -0.113. The summed E-state index contributed by atoms with van der Waals surface area (Å²) in [6.07, 6.45) is 1.99. The minimum absolute atomic E-state index is 0.0329. The molecule has 1 aromatic heterocycles. The molecule has 19 rings (SSSR count). The predicted molar refractivity (Wildman–Crippen MR) is 398 cm³/mol. The zero-order valence-electron chi connectivity index (χ0n) is 54.5. The van der Waals surface area contributed by atoms with E-state index >= 15 is 0 Å². The molecule has 3 nitrogen and oxygen atoms in total. The molecule has 0 bridgehead atoms. The zero-order valence-corrected chi connectivity index (χ0v) is 54.5. The zero-order chi connectivity index (χ0) is 63.6. The molecule has 0 radical (unpaired) electrons. The summed E-state index contributed by atoms with van der Waals surface area (Å²) in [6, 6.07) is 104. The highest BCUT2D eigenvalue weighted by Crippen LogP contribution is 2.56. The normalized spacial score (nSPS) is 14.9. The second kappa shape index (κ2) is 20.3. The van der Waals surface area contributed by atoms with Crippen LogP contribution in [0.1, 0.15) is 99.9 Å².